The van der Waals surface area contributed by atoms with E-state index in [-0.39, 0.29) is 18.0 Å². The minimum absolute atomic E-state index is 0.198. The van der Waals surface area contributed by atoms with E-state index >= 15 is 0 Å². The van der Waals surface area contributed by atoms with E-state index in [1.807, 2.05) is 20.8 Å². The van der Waals surface area contributed by atoms with E-state index in [4.69, 9.17) is 0 Å². The van der Waals surface area contributed by atoms with Gasteiger partial charge in [-0.2, -0.15) is 0 Å². The summed E-state index contributed by atoms with van der Waals surface area (Å²) < 4.78 is 0. The Balaban J connectivity index is 2.15. The molecular formula is C17H36N4O2. The second kappa shape index (κ2) is 9.45. The van der Waals surface area contributed by atoms with Gasteiger partial charge in [-0.25, -0.2) is 4.79 Å². The normalized spacial score (nSPS) is 20.1. The minimum atomic E-state index is -0.541. The molecule has 0 aromatic carbocycles. The van der Waals surface area contributed by atoms with Crippen molar-refractivity contribution in [1.29, 1.82) is 0 Å². The fourth-order valence-corrected chi connectivity index (χ4v) is 2.62. The van der Waals surface area contributed by atoms with Gasteiger partial charge in [0.2, 0.25) is 0 Å². The van der Waals surface area contributed by atoms with Gasteiger partial charge in [-0.3, -0.25) is 0 Å². The predicted molar refractivity (Wildman–Crippen MR) is 94.6 cm³/mol. The second-order valence-electron chi connectivity index (χ2n) is 7.81. The van der Waals surface area contributed by atoms with Gasteiger partial charge in [-0.15, -0.1) is 0 Å². The van der Waals surface area contributed by atoms with Crippen molar-refractivity contribution < 1.29 is 9.90 Å². The third-order valence-corrected chi connectivity index (χ3v) is 4.55. The van der Waals surface area contributed by atoms with Crippen molar-refractivity contribution in [3.8, 4) is 0 Å². The first-order valence-corrected chi connectivity index (χ1v) is 8.86. The maximum Gasteiger partial charge on any atom is 0.314 e. The summed E-state index contributed by atoms with van der Waals surface area (Å²) in [5, 5.41) is 15.6. The van der Waals surface area contributed by atoms with Crippen molar-refractivity contribution >= 4 is 6.03 Å². The molecule has 1 aliphatic heterocycles. The number of nitrogens with one attached hydrogen (secondary N) is 2. The Morgan fingerprint density at radius 2 is 1.61 bits per heavy atom. The van der Waals surface area contributed by atoms with E-state index in [2.05, 4.69) is 34.3 Å². The van der Waals surface area contributed by atoms with Crippen LogP contribution in [0.1, 0.15) is 34.6 Å². The number of hydrogen-bond acceptors (Lipinski definition) is 4. The predicted octanol–water partition coefficient (Wildman–Crippen LogP) is 0.966. The van der Waals surface area contributed by atoms with Gasteiger partial charge in [0, 0.05) is 45.8 Å². The van der Waals surface area contributed by atoms with Crippen molar-refractivity contribution in [2.75, 3.05) is 52.4 Å². The molecule has 0 bridgehead atoms. The number of likely N-dealkylation sites (N-methyl/N-ethyl adjacent to an activating group) is 1. The lowest BCUT2D eigenvalue weighted by Gasteiger charge is -2.35. The molecule has 0 spiro atoms. The maximum absolute atomic E-state index is 11.8. The number of aliphatic hydroxyl groups is 1. The highest BCUT2D eigenvalue weighted by atomic mass is 16.3. The highest BCUT2D eigenvalue weighted by Crippen LogP contribution is 2.17. The smallest absolute Gasteiger partial charge is 0.314 e. The topological polar surface area (TPSA) is 67.8 Å². The molecule has 0 aliphatic carbocycles. The first kappa shape index (κ1) is 20.2. The zero-order valence-electron chi connectivity index (χ0n) is 15.6. The molecular weight excluding hydrogens is 292 g/mol. The van der Waals surface area contributed by atoms with Crippen LogP contribution in [-0.2, 0) is 0 Å². The van der Waals surface area contributed by atoms with Crippen LogP contribution in [0.3, 0.4) is 0 Å². The third-order valence-electron chi connectivity index (χ3n) is 4.55. The van der Waals surface area contributed by atoms with Gasteiger partial charge >= 0.3 is 6.03 Å². The monoisotopic (exact) mass is 328 g/mol. The van der Waals surface area contributed by atoms with Crippen LogP contribution in [0.2, 0.25) is 0 Å². The molecule has 2 unspecified atom stereocenters. The highest BCUT2D eigenvalue weighted by molar-refractivity contribution is 5.73. The molecule has 23 heavy (non-hydrogen) atoms. The van der Waals surface area contributed by atoms with Crippen LogP contribution >= 0.6 is 0 Å². The molecule has 2 atom stereocenters. The molecule has 136 valence electrons. The SMILES string of the molecule is CCN1CCN(CC(C)CNC(=O)NCC(O)C(C)(C)C)CC1. The third kappa shape index (κ3) is 7.99. The van der Waals surface area contributed by atoms with Crippen LogP contribution < -0.4 is 10.6 Å². The van der Waals surface area contributed by atoms with Crippen LogP contribution in [0.5, 0.6) is 0 Å². The van der Waals surface area contributed by atoms with Crippen LogP contribution in [0.4, 0.5) is 4.79 Å². The molecule has 2 amide bonds. The molecule has 0 aromatic heterocycles. The van der Waals surface area contributed by atoms with Crippen molar-refractivity contribution in [3.63, 3.8) is 0 Å². The number of carbonyl (C=O) groups is 1. The lowest BCUT2D eigenvalue weighted by Crippen LogP contribution is -2.49. The zero-order chi connectivity index (χ0) is 17.5. The van der Waals surface area contributed by atoms with Crippen molar-refractivity contribution in [1.82, 2.24) is 20.4 Å². The molecule has 1 heterocycles. The molecule has 0 saturated carbocycles. The van der Waals surface area contributed by atoms with E-state index in [1.165, 1.54) is 0 Å². The number of nitrogens with zero attached hydrogens (tertiary/aromatic N) is 2. The van der Waals surface area contributed by atoms with Gasteiger partial charge in [0.15, 0.2) is 0 Å². The van der Waals surface area contributed by atoms with Gasteiger partial charge in [0.05, 0.1) is 6.10 Å². The molecule has 0 aromatic rings. The highest BCUT2D eigenvalue weighted by Gasteiger charge is 2.22. The van der Waals surface area contributed by atoms with Crippen molar-refractivity contribution in [2.45, 2.75) is 40.7 Å². The second-order valence-corrected chi connectivity index (χ2v) is 7.81. The molecule has 1 saturated heterocycles. The number of hydrogen-bond donors (Lipinski definition) is 3. The largest absolute Gasteiger partial charge is 0.391 e. The average molecular weight is 329 g/mol. The molecule has 1 rings (SSSR count). The van der Waals surface area contributed by atoms with Crippen LogP contribution in [0.15, 0.2) is 0 Å². The molecule has 0 radical (unpaired) electrons. The number of rotatable bonds is 7. The van der Waals surface area contributed by atoms with Crippen LogP contribution in [0, 0.1) is 11.3 Å². The fourth-order valence-electron chi connectivity index (χ4n) is 2.62. The van der Waals surface area contributed by atoms with E-state index in [0.29, 0.717) is 12.5 Å². The lowest BCUT2D eigenvalue weighted by molar-refractivity contribution is 0.0649. The standard InChI is InChI=1S/C17H36N4O2/c1-6-20-7-9-21(10-8-20)13-14(2)11-18-16(23)19-12-15(22)17(3,4)5/h14-15,22H,6-13H2,1-5H3,(H2,18,19,23). The number of urea groups is 1. The van der Waals surface area contributed by atoms with Crippen molar-refractivity contribution in [2.24, 2.45) is 11.3 Å². The van der Waals surface area contributed by atoms with E-state index in [0.717, 1.165) is 39.3 Å². The Labute approximate surface area is 141 Å². The van der Waals surface area contributed by atoms with Gasteiger partial charge in [-0.05, 0) is 17.9 Å². The number of aliphatic hydroxyl groups excluding tert-OH is 1. The first-order chi connectivity index (χ1) is 10.7. The molecule has 3 N–H and O–H groups in total. The Kier molecular flexibility index (Phi) is 8.29. The summed E-state index contributed by atoms with van der Waals surface area (Å²) in [6.07, 6.45) is -0.541. The summed E-state index contributed by atoms with van der Waals surface area (Å²) >= 11 is 0. The first-order valence-electron chi connectivity index (χ1n) is 8.86. The van der Waals surface area contributed by atoms with Crippen LogP contribution in [-0.4, -0.2) is 79.4 Å². The van der Waals surface area contributed by atoms with E-state index in [1.54, 1.807) is 0 Å². The van der Waals surface area contributed by atoms with Gasteiger partial charge < -0.3 is 25.5 Å². The Morgan fingerprint density at radius 3 is 2.13 bits per heavy atom. The number of amides is 2. The Bertz CT molecular complexity index is 349. The fraction of sp³-hybridized carbons (Fsp3) is 0.941. The summed E-state index contributed by atoms with van der Waals surface area (Å²) in [6.45, 7) is 17.8. The summed E-state index contributed by atoms with van der Waals surface area (Å²) in [5.74, 6) is 0.418. The molecule has 6 nitrogen and oxygen atoms in total. The summed E-state index contributed by atoms with van der Waals surface area (Å²) in [4.78, 5) is 16.7. The molecule has 6 heteroatoms. The molecule has 1 fully saturated rings. The van der Waals surface area contributed by atoms with Gasteiger partial charge in [0.1, 0.15) is 0 Å². The number of piperazine rings is 1. The Morgan fingerprint density at radius 1 is 1.09 bits per heavy atom. The van der Waals surface area contributed by atoms with E-state index < -0.39 is 6.10 Å². The van der Waals surface area contributed by atoms with Gasteiger partial charge in [0.25, 0.3) is 0 Å². The quantitative estimate of drug-likeness (QED) is 0.651. The number of carbonyl (C=O) groups excluding carboxylic acids is 1. The summed E-state index contributed by atoms with van der Waals surface area (Å²) in [5.41, 5.74) is -0.221. The van der Waals surface area contributed by atoms with Crippen LogP contribution in [0.25, 0.3) is 0 Å². The molecule has 1 aliphatic rings. The summed E-state index contributed by atoms with van der Waals surface area (Å²) in [6, 6.07) is -0.198. The van der Waals surface area contributed by atoms with Gasteiger partial charge in [-0.1, -0.05) is 34.6 Å². The summed E-state index contributed by atoms with van der Waals surface area (Å²) in [7, 11) is 0. The minimum Gasteiger partial charge on any atom is -0.391 e. The Hall–Kier alpha value is -0.850. The lowest BCUT2D eigenvalue weighted by atomic mass is 9.89. The average Bonchev–Trinajstić information content (AvgIpc) is 2.50. The van der Waals surface area contributed by atoms with Crippen molar-refractivity contribution in [3.05, 3.63) is 0 Å². The maximum atomic E-state index is 11.8. The van der Waals surface area contributed by atoms with E-state index in [9.17, 15) is 9.90 Å². The zero-order valence-corrected chi connectivity index (χ0v) is 15.6.